The zero-order chi connectivity index (χ0) is 24.4. The van der Waals surface area contributed by atoms with Crippen LogP contribution >= 0.6 is 11.6 Å². The fourth-order valence-corrected chi connectivity index (χ4v) is 4.19. The summed E-state index contributed by atoms with van der Waals surface area (Å²) in [6.45, 7) is 4.58. The summed E-state index contributed by atoms with van der Waals surface area (Å²) in [5.41, 5.74) is 5.27. The van der Waals surface area contributed by atoms with Gasteiger partial charge in [0.25, 0.3) is 5.91 Å². The van der Waals surface area contributed by atoms with Crippen molar-refractivity contribution < 1.29 is 9.53 Å². The largest absolute Gasteiger partial charge is 0.494 e. The van der Waals surface area contributed by atoms with Crippen molar-refractivity contribution in [2.45, 2.75) is 19.9 Å². The first kappa shape index (κ1) is 22.7. The zero-order valence-electron chi connectivity index (χ0n) is 19.5. The highest BCUT2D eigenvalue weighted by Crippen LogP contribution is 2.36. The summed E-state index contributed by atoms with van der Waals surface area (Å²) < 4.78 is 7.31. The smallest absolute Gasteiger partial charge is 0.261 e. The second kappa shape index (κ2) is 9.68. The minimum absolute atomic E-state index is 0.202. The predicted molar refractivity (Wildman–Crippen MR) is 140 cm³/mol. The zero-order valence-corrected chi connectivity index (χ0v) is 20.2. The van der Waals surface area contributed by atoms with Crippen LogP contribution in [0.3, 0.4) is 0 Å². The number of allylic oxidation sites excluding steroid dienone is 1. The van der Waals surface area contributed by atoms with Crippen LogP contribution in [0.1, 0.15) is 40.0 Å². The maximum Gasteiger partial charge on any atom is 0.261 e. The summed E-state index contributed by atoms with van der Waals surface area (Å²) in [6, 6.07) is 23.1. The van der Waals surface area contributed by atoms with Gasteiger partial charge < -0.3 is 15.4 Å². The molecule has 0 aliphatic carbocycles. The molecule has 2 heterocycles. The summed E-state index contributed by atoms with van der Waals surface area (Å²) in [4.78, 5) is 13.3. The summed E-state index contributed by atoms with van der Waals surface area (Å²) in [5.74, 6) is 1.14. The molecule has 0 radical (unpaired) electrons. The molecule has 0 saturated carbocycles. The first-order chi connectivity index (χ1) is 17.0. The molecule has 1 aromatic heterocycles. The van der Waals surface area contributed by atoms with Gasteiger partial charge >= 0.3 is 0 Å². The molecule has 0 saturated heterocycles. The second-order valence-corrected chi connectivity index (χ2v) is 8.77. The monoisotopic (exact) mass is 484 g/mol. The summed E-state index contributed by atoms with van der Waals surface area (Å²) in [5, 5.41) is 11.6. The molecule has 4 aromatic rings. The number of hydrogen-bond donors (Lipinski definition) is 2. The first-order valence-electron chi connectivity index (χ1n) is 11.4. The molecular formula is C28H25ClN4O2. The van der Waals surface area contributed by atoms with E-state index in [0.29, 0.717) is 28.7 Å². The maximum atomic E-state index is 13.3. The fraction of sp³-hybridized carbons (Fsp3) is 0.143. The Morgan fingerprint density at radius 3 is 2.46 bits per heavy atom. The van der Waals surface area contributed by atoms with E-state index in [1.807, 2.05) is 60.1 Å². The Labute approximate surface area is 209 Å². The first-order valence-corrected chi connectivity index (χ1v) is 11.8. The van der Waals surface area contributed by atoms with E-state index in [4.69, 9.17) is 16.3 Å². The van der Waals surface area contributed by atoms with Crippen LogP contribution in [0.4, 0.5) is 11.5 Å². The van der Waals surface area contributed by atoms with Gasteiger partial charge in [0.05, 0.1) is 18.8 Å². The predicted octanol–water partition coefficient (Wildman–Crippen LogP) is 6.55. The van der Waals surface area contributed by atoms with E-state index in [1.165, 1.54) is 5.56 Å². The summed E-state index contributed by atoms with van der Waals surface area (Å²) in [6.07, 6.45) is 3.71. The maximum absolute atomic E-state index is 13.3. The van der Waals surface area contributed by atoms with E-state index < -0.39 is 0 Å². The molecular weight excluding hydrogens is 460 g/mol. The lowest BCUT2D eigenvalue weighted by atomic mass is 10.0. The SMILES string of the molecule is CCOc1ccc(NC(=O)c2cnn3c2NC(c2ccc(C)cc2)=C[C@H]3c2ccc(Cl)cc2)cc1. The van der Waals surface area contributed by atoms with Crippen LogP contribution in [0.2, 0.25) is 5.02 Å². The standard InChI is InChI=1S/C28H25ClN4O2/c1-3-35-23-14-12-22(13-15-23)31-28(34)24-17-30-33-26(20-8-10-21(29)11-9-20)16-25(32-27(24)33)19-6-4-18(2)5-7-19/h4-17,26,32H,3H2,1-2H3,(H,31,34)/t26-/m0/s1. The molecule has 3 aromatic carbocycles. The molecule has 6 nitrogen and oxygen atoms in total. The van der Waals surface area contributed by atoms with Crippen molar-refractivity contribution >= 4 is 34.7 Å². The number of halogens is 1. The van der Waals surface area contributed by atoms with Crippen LogP contribution in [-0.2, 0) is 0 Å². The van der Waals surface area contributed by atoms with E-state index in [1.54, 1.807) is 6.20 Å². The van der Waals surface area contributed by atoms with E-state index >= 15 is 0 Å². The van der Waals surface area contributed by atoms with Crippen LogP contribution in [-0.4, -0.2) is 22.3 Å². The van der Waals surface area contributed by atoms with Crippen molar-refractivity contribution in [2.24, 2.45) is 0 Å². The molecule has 1 atom stereocenters. The minimum Gasteiger partial charge on any atom is -0.494 e. The van der Waals surface area contributed by atoms with Crippen molar-refractivity contribution in [1.82, 2.24) is 9.78 Å². The average molecular weight is 485 g/mol. The number of fused-ring (bicyclic) bond motifs is 1. The third kappa shape index (κ3) is 4.79. The van der Waals surface area contributed by atoms with Crippen molar-refractivity contribution in [3.05, 3.63) is 112 Å². The van der Waals surface area contributed by atoms with Gasteiger partial charge in [-0.15, -0.1) is 0 Å². The van der Waals surface area contributed by atoms with Gasteiger partial charge in [-0.1, -0.05) is 53.6 Å². The lowest BCUT2D eigenvalue weighted by Gasteiger charge is -2.26. The van der Waals surface area contributed by atoms with E-state index in [2.05, 4.69) is 53.0 Å². The second-order valence-electron chi connectivity index (χ2n) is 8.33. The van der Waals surface area contributed by atoms with Gasteiger partial charge in [-0.05, 0) is 67.4 Å². The summed E-state index contributed by atoms with van der Waals surface area (Å²) >= 11 is 6.13. The fourth-order valence-electron chi connectivity index (χ4n) is 4.06. The molecule has 176 valence electrons. The minimum atomic E-state index is -0.247. The molecule has 7 heteroatoms. The number of nitrogens with zero attached hydrogens (tertiary/aromatic N) is 2. The van der Waals surface area contributed by atoms with Crippen molar-refractivity contribution in [2.75, 3.05) is 17.2 Å². The average Bonchev–Trinajstić information content (AvgIpc) is 3.30. The molecule has 1 aliphatic rings. The third-order valence-corrected chi connectivity index (χ3v) is 6.13. The lowest BCUT2D eigenvalue weighted by Crippen LogP contribution is -2.22. The molecule has 1 amide bonds. The molecule has 0 spiro atoms. The lowest BCUT2D eigenvalue weighted by molar-refractivity contribution is 0.102. The number of carbonyl (C=O) groups excluding carboxylic acids is 1. The van der Waals surface area contributed by atoms with Gasteiger partial charge in [0, 0.05) is 16.4 Å². The van der Waals surface area contributed by atoms with Gasteiger partial charge in [0.15, 0.2) is 0 Å². The van der Waals surface area contributed by atoms with Crippen LogP contribution in [0, 0.1) is 6.92 Å². The van der Waals surface area contributed by atoms with Crippen LogP contribution < -0.4 is 15.4 Å². The van der Waals surface area contributed by atoms with Crippen molar-refractivity contribution in [3.8, 4) is 5.75 Å². The van der Waals surface area contributed by atoms with Crippen molar-refractivity contribution in [1.29, 1.82) is 0 Å². The topological polar surface area (TPSA) is 68.2 Å². The number of benzene rings is 3. The molecule has 0 unspecified atom stereocenters. The van der Waals surface area contributed by atoms with Crippen LogP contribution in [0.5, 0.6) is 5.75 Å². The quantitative estimate of drug-likeness (QED) is 0.325. The van der Waals surface area contributed by atoms with Crippen LogP contribution in [0.25, 0.3) is 5.70 Å². The highest BCUT2D eigenvalue weighted by atomic mass is 35.5. The molecule has 35 heavy (non-hydrogen) atoms. The Morgan fingerprint density at radius 2 is 1.77 bits per heavy atom. The third-order valence-electron chi connectivity index (χ3n) is 5.88. The van der Waals surface area contributed by atoms with Crippen LogP contribution in [0.15, 0.2) is 85.1 Å². The number of anilines is 2. The van der Waals surface area contributed by atoms with E-state index in [9.17, 15) is 4.79 Å². The number of amides is 1. The molecule has 1 aliphatic heterocycles. The van der Waals surface area contributed by atoms with E-state index in [-0.39, 0.29) is 11.9 Å². The number of carbonyl (C=O) groups is 1. The van der Waals surface area contributed by atoms with Gasteiger partial charge in [0.1, 0.15) is 17.1 Å². The van der Waals surface area contributed by atoms with Gasteiger partial charge in [-0.3, -0.25) is 4.79 Å². The number of rotatable bonds is 6. The molecule has 2 N–H and O–H groups in total. The number of nitrogens with one attached hydrogen (secondary N) is 2. The van der Waals surface area contributed by atoms with E-state index in [0.717, 1.165) is 22.6 Å². The van der Waals surface area contributed by atoms with Gasteiger partial charge in [-0.2, -0.15) is 5.10 Å². The highest BCUT2D eigenvalue weighted by Gasteiger charge is 2.28. The normalized spacial score (nSPS) is 14.5. The summed E-state index contributed by atoms with van der Waals surface area (Å²) in [7, 11) is 0. The number of hydrogen-bond acceptors (Lipinski definition) is 4. The Kier molecular flexibility index (Phi) is 6.29. The Hall–Kier alpha value is -4.03. The highest BCUT2D eigenvalue weighted by molar-refractivity contribution is 6.30. The number of aromatic nitrogens is 2. The van der Waals surface area contributed by atoms with Crippen molar-refractivity contribution in [3.63, 3.8) is 0 Å². The molecule has 0 fully saturated rings. The Morgan fingerprint density at radius 1 is 1.06 bits per heavy atom. The van der Waals surface area contributed by atoms with Gasteiger partial charge in [-0.25, -0.2) is 4.68 Å². The number of aryl methyl sites for hydroxylation is 1. The Bertz CT molecular complexity index is 1370. The number of ether oxygens (including phenoxy) is 1. The molecule has 0 bridgehead atoms. The Balaban J connectivity index is 1.49. The van der Waals surface area contributed by atoms with Gasteiger partial charge in [0.2, 0.25) is 0 Å². The molecule has 5 rings (SSSR count).